The van der Waals surface area contributed by atoms with Crippen LogP contribution in [0, 0.1) is 23.6 Å². The van der Waals surface area contributed by atoms with Crippen LogP contribution < -0.4 is 11.1 Å². The van der Waals surface area contributed by atoms with Crippen LogP contribution in [0.4, 0.5) is 4.39 Å². The number of carbonyl (C=O) groups is 1. The summed E-state index contributed by atoms with van der Waals surface area (Å²) in [6.45, 7) is 0.506. The number of halogens is 1. The first-order chi connectivity index (χ1) is 9.66. The average molecular weight is 274 g/mol. The van der Waals surface area contributed by atoms with E-state index in [-0.39, 0.29) is 23.7 Å². The van der Waals surface area contributed by atoms with E-state index in [2.05, 4.69) is 17.2 Å². The van der Waals surface area contributed by atoms with E-state index in [1.807, 2.05) is 0 Å². The van der Waals surface area contributed by atoms with Crippen LogP contribution in [0.3, 0.4) is 0 Å². The molecule has 20 heavy (non-hydrogen) atoms. The fraction of sp³-hybridized carbons (Fsp3) is 0.438. The lowest BCUT2D eigenvalue weighted by Gasteiger charge is -2.29. The molecular formula is C16H19FN2O. The van der Waals surface area contributed by atoms with Crippen LogP contribution in [0.15, 0.2) is 24.3 Å². The van der Waals surface area contributed by atoms with Crippen LogP contribution >= 0.6 is 0 Å². The van der Waals surface area contributed by atoms with Gasteiger partial charge in [0, 0.05) is 11.6 Å². The molecule has 1 aliphatic carbocycles. The van der Waals surface area contributed by atoms with E-state index in [4.69, 9.17) is 5.73 Å². The molecule has 0 aliphatic heterocycles. The molecule has 0 bridgehead atoms. The number of primary amides is 1. The van der Waals surface area contributed by atoms with Gasteiger partial charge in [0.25, 0.3) is 0 Å². The minimum Gasteiger partial charge on any atom is -0.369 e. The monoisotopic (exact) mass is 274 g/mol. The van der Waals surface area contributed by atoms with Gasteiger partial charge >= 0.3 is 0 Å². The molecule has 1 aromatic carbocycles. The number of amides is 1. The maximum absolute atomic E-state index is 12.7. The Morgan fingerprint density at radius 2 is 2.00 bits per heavy atom. The molecule has 1 saturated carbocycles. The average Bonchev–Trinajstić information content (AvgIpc) is 2.46. The smallest absolute Gasteiger partial charge is 0.222 e. The summed E-state index contributed by atoms with van der Waals surface area (Å²) in [5.74, 6) is 5.37. The van der Waals surface area contributed by atoms with Gasteiger partial charge in [-0.1, -0.05) is 24.7 Å². The molecule has 3 nitrogen and oxygen atoms in total. The van der Waals surface area contributed by atoms with Gasteiger partial charge in [-0.25, -0.2) is 4.39 Å². The van der Waals surface area contributed by atoms with E-state index in [0.29, 0.717) is 6.54 Å². The van der Waals surface area contributed by atoms with Gasteiger partial charge < -0.3 is 11.1 Å². The number of hydrogen-bond donors (Lipinski definition) is 2. The highest BCUT2D eigenvalue weighted by Gasteiger charge is 2.28. The Bertz CT molecular complexity index is 516. The van der Waals surface area contributed by atoms with Crippen molar-refractivity contribution in [3.8, 4) is 11.8 Å². The second-order valence-corrected chi connectivity index (χ2v) is 5.09. The molecule has 4 heteroatoms. The molecule has 0 radical (unpaired) electrons. The van der Waals surface area contributed by atoms with Crippen LogP contribution in [0.5, 0.6) is 0 Å². The summed E-state index contributed by atoms with van der Waals surface area (Å²) in [6, 6.07) is 6.21. The van der Waals surface area contributed by atoms with Crippen molar-refractivity contribution in [2.45, 2.75) is 31.7 Å². The number of hydrogen-bond acceptors (Lipinski definition) is 2. The first kappa shape index (κ1) is 14.5. The van der Waals surface area contributed by atoms with Crippen molar-refractivity contribution in [3.63, 3.8) is 0 Å². The van der Waals surface area contributed by atoms with Crippen molar-refractivity contribution in [3.05, 3.63) is 35.6 Å². The van der Waals surface area contributed by atoms with Crippen molar-refractivity contribution in [2.75, 3.05) is 6.54 Å². The van der Waals surface area contributed by atoms with Crippen LogP contribution in [0.25, 0.3) is 0 Å². The predicted octanol–water partition coefficient (Wildman–Crippen LogP) is 1.81. The van der Waals surface area contributed by atoms with E-state index in [1.165, 1.54) is 12.1 Å². The third-order valence-electron chi connectivity index (χ3n) is 3.66. The molecule has 0 unspecified atom stereocenters. The molecule has 0 saturated heterocycles. The van der Waals surface area contributed by atoms with Crippen LogP contribution in [-0.4, -0.2) is 18.5 Å². The van der Waals surface area contributed by atoms with Gasteiger partial charge in [0.2, 0.25) is 5.91 Å². The normalized spacial score (nSPS) is 21.9. The highest BCUT2D eigenvalue weighted by molar-refractivity contribution is 5.77. The summed E-state index contributed by atoms with van der Waals surface area (Å²) in [7, 11) is 0. The molecule has 2 atom stereocenters. The van der Waals surface area contributed by atoms with E-state index in [1.54, 1.807) is 12.1 Å². The highest BCUT2D eigenvalue weighted by Crippen LogP contribution is 2.23. The van der Waals surface area contributed by atoms with Crippen LogP contribution in [-0.2, 0) is 4.79 Å². The van der Waals surface area contributed by atoms with Gasteiger partial charge in [-0.15, -0.1) is 0 Å². The summed E-state index contributed by atoms with van der Waals surface area (Å²) in [5.41, 5.74) is 6.20. The van der Waals surface area contributed by atoms with Crippen molar-refractivity contribution in [2.24, 2.45) is 11.7 Å². The van der Waals surface area contributed by atoms with E-state index < -0.39 is 0 Å². The Hall–Kier alpha value is -1.86. The molecule has 3 N–H and O–H groups in total. The van der Waals surface area contributed by atoms with E-state index >= 15 is 0 Å². The molecule has 0 heterocycles. The van der Waals surface area contributed by atoms with Crippen molar-refractivity contribution in [1.82, 2.24) is 5.32 Å². The number of benzene rings is 1. The Morgan fingerprint density at radius 3 is 2.70 bits per heavy atom. The maximum atomic E-state index is 12.7. The fourth-order valence-corrected chi connectivity index (χ4v) is 2.58. The maximum Gasteiger partial charge on any atom is 0.222 e. The zero-order valence-electron chi connectivity index (χ0n) is 11.4. The standard InChI is InChI=1S/C16H19FN2O/c17-13-9-7-12(8-10-13)4-3-11-19-15-6-2-1-5-14(15)16(18)20/h7-10,14-15,19H,1-2,5-6,11H2,(H2,18,20)/t14-,15+/m0/s1. The number of rotatable bonds is 3. The molecule has 0 aromatic heterocycles. The largest absolute Gasteiger partial charge is 0.369 e. The second-order valence-electron chi connectivity index (χ2n) is 5.09. The molecule has 1 aromatic rings. The molecule has 0 spiro atoms. The van der Waals surface area contributed by atoms with Crippen LogP contribution in [0.2, 0.25) is 0 Å². The molecule has 1 amide bonds. The van der Waals surface area contributed by atoms with Gasteiger partial charge in [-0.3, -0.25) is 4.79 Å². The summed E-state index contributed by atoms with van der Waals surface area (Å²) < 4.78 is 12.7. The van der Waals surface area contributed by atoms with Crippen molar-refractivity contribution < 1.29 is 9.18 Å². The summed E-state index contributed by atoms with van der Waals surface area (Å²) >= 11 is 0. The first-order valence-electron chi connectivity index (χ1n) is 6.94. The SMILES string of the molecule is NC(=O)[C@H]1CCCC[C@H]1NCC#Cc1ccc(F)cc1. The van der Waals surface area contributed by atoms with Gasteiger partial charge in [-0.05, 0) is 37.1 Å². The molecular weight excluding hydrogens is 255 g/mol. The van der Waals surface area contributed by atoms with Gasteiger partial charge in [0.05, 0.1) is 12.5 Å². The topological polar surface area (TPSA) is 55.1 Å². The molecule has 1 fully saturated rings. The lowest BCUT2D eigenvalue weighted by Crippen LogP contribution is -2.44. The molecule has 2 rings (SSSR count). The lowest BCUT2D eigenvalue weighted by molar-refractivity contribution is -0.123. The third-order valence-corrected chi connectivity index (χ3v) is 3.66. The zero-order valence-corrected chi connectivity index (χ0v) is 11.4. The first-order valence-corrected chi connectivity index (χ1v) is 6.94. The molecule has 1 aliphatic rings. The second kappa shape index (κ2) is 7.06. The minimum atomic E-state index is -0.264. The van der Waals surface area contributed by atoms with Crippen LogP contribution in [0.1, 0.15) is 31.2 Å². The summed E-state index contributed by atoms with van der Waals surface area (Å²) in [4.78, 5) is 11.4. The Labute approximate surface area is 118 Å². The quantitative estimate of drug-likeness (QED) is 0.826. The summed E-state index contributed by atoms with van der Waals surface area (Å²) in [6.07, 6.45) is 4.00. The Balaban J connectivity index is 1.86. The van der Waals surface area contributed by atoms with E-state index in [9.17, 15) is 9.18 Å². The number of carbonyl (C=O) groups excluding carboxylic acids is 1. The number of nitrogens with two attached hydrogens (primary N) is 1. The Morgan fingerprint density at radius 1 is 1.30 bits per heavy atom. The van der Waals surface area contributed by atoms with Gasteiger partial charge in [0.1, 0.15) is 5.82 Å². The van der Waals surface area contributed by atoms with Crippen molar-refractivity contribution >= 4 is 5.91 Å². The van der Waals surface area contributed by atoms with E-state index in [0.717, 1.165) is 31.2 Å². The third kappa shape index (κ3) is 4.07. The highest BCUT2D eigenvalue weighted by atomic mass is 19.1. The number of nitrogens with one attached hydrogen (secondary N) is 1. The minimum absolute atomic E-state index is 0.0867. The van der Waals surface area contributed by atoms with Gasteiger partial charge in [0.15, 0.2) is 0 Å². The van der Waals surface area contributed by atoms with Gasteiger partial charge in [-0.2, -0.15) is 0 Å². The zero-order chi connectivity index (χ0) is 14.4. The van der Waals surface area contributed by atoms with Crippen molar-refractivity contribution in [1.29, 1.82) is 0 Å². The lowest BCUT2D eigenvalue weighted by atomic mass is 9.84. The fourth-order valence-electron chi connectivity index (χ4n) is 2.58. The summed E-state index contributed by atoms with van der Waals surface area (Å²) in [5, 5.41) is 3.29. The predicted molar refractivity (Wildman–Crippen MR) is 76.2 cm³/mol. The molecule has 106 valence electrons. The Kier molecular flexibility index (Phi) is 5.14.